The van der Waals surface area contributed by atoms with Gasteiger partial charge in [0.05, 0.1) is 6.61 Å². The van der Waals surface area contributed by atoms with Crippen molar-refractivity contribution in [2.24, 2.45) is 0 Å². The van der Waals surface area contributed by atoms with Gasteiger partial charge in [-0.1, -0.05) is 0 Å². The van der Waals surface area contributed by atoms with Gasteiger partial charge in [0.2, 0.25) is 0 Å². The van der Waals surface area contributed by atoms with E-state index in [1.807, 2.05) is 0 Å². The summed E-state index contributed by atoms with van der Waals surface area (Å²) in [7, 11) is 1.00. The highest BCUT2D eigenvalue weighted by Gasteiger charge is 2.28. The number of aliphatic hydroxyl groups is 6. The van der Waals surface area contributed by atoms with Gasteiger partial charge in [-0.25, -0.2) is 0 Å². The van der Waals surface area contributed by atoms with Crippen LogP contribution in [0.3, 0.4) is 0 Å². The van der Waals surface area contributed by atoms with Gasteiger partial charge in [-0.05, 0) is 0 Å². The number of hydrogen-bond acceptors (Lipinski definition) is 7. The van der Waals surface area contributed by atoms with Crippen molar-refractivity contribution >= 4 is 5.78 Å². The van der Waals surface area contributed by atoms with E-state index < -0.39 is 37.3 Å². The number of Topliss-reactive ketones (excluding diaryl/α,β-unsaturated/α-hetero) is 1. The lowest BCUT2D eigenvalue weighted by molar-refractivity contribution is -0.142. The first-order valence-electron chi connectivity index (χ1n) is 3.78. The summed E-state index contributed by atoms with van der Waals surface area (Å²) in [4.78, 5) is 10.5. The van der Waals surface area contributed by atoms with Crippen LogP contribution in [0.25, 0.3) is 0 Å². The number of aliphatic hydroxyl groups excluding tert-OH is 6. The van der Waals surface area contributed by atoms with Crippen LogP contribution in [0.2, 0.25) is 0 Å². The molecule has 0 bridgehead atoms. The zero-order chi connectivity index (χ0) is 11.7. The molecule has 0 aliphatic carbocycles. The molecule has 0 radical (unpaired) electrons. The Hall–Kier alpha value is -0.570. The van der Waals surface area contributed by atoms with Crippen LogP contribution in [0.1, 0.15) is 0 Å². The highest BCUT2D eigenvalue weighted by molar-refractivity contribution is 5.84. The number of hydrogen-bond donors (Lipinski definition) is 6. The van der Waals surface area contributed by atoms with E-state index in [9.17, 15) is 4.79 Å². The summed E-state index contributed by atoms with van der Waals surface area (Å²) in [6.07, 6.45) is -5.22. The summed E-state index contributed by atoms with van der Waals surface area (Å²) in [6.45, 7) is -1.69. The monoisotopic (exact) mass is 212 g/mol. The van der Waals surface area contributed by atoms with Crippen LogP contribution < -0.4 is 0 Å². The third kappa shape index (κ3) is 5.22. The zero-order valence-electron chi connectivity index (χ0n) is 7.74. The van der Waals surface area contributed by atoms with Crippen molar-refractivity contribution in [3.8, 4) is 0 Å². The number of carbonyl (C=O) groups is 1. The van der Waals surface area contributed by atoms with Crippen LogP contribution in [-0.4, -0.2) is 75.1 Å². The van der Waals surface area contributed by atoms with Crippen molar-refractivity contribution in [3.63, 3.8) is 0 Å². The molecule has 0 fully saturated rings. The molecule has 14 heavy (non-hydrogen) atoms. The van der Waals surface area contributed by atoms with E-state index in [0.29, 0.717) is 0 Å². The normalized spacial score (nSPS) is 16.2. The van der Waals surface area contributed by atoms with E-state index in [-0.39, 0.29) is 0 Å². The van der Waals surface area contributed by atoms with Crippen LogP contribution in [0.5, 0.6) is 0 Å². The molecule has 0 aromatic carbocycles. The Morgan fingerprint density at radius 2 is 1.57 bits per heavy atom. The summed E-state index contributed by atoms with van der Waals surface area (Å²) in [5, 5.41) is 50.1. The van der Waals surface area contributed by atoms with Gasteiger partial charge >= 0.3 is 0 Å². The molecule has 0 amide bonds. The Morgan fingerprint density at radius 3 is 1.86 bits per heavy atom. The maximum Gasteiger partial charge on any atom is 0.189 e. The predicted octanol–water partition coefficient (Wildman–Crippen LogP) is -3.77. The van der Waals surface area contributed by atoms with Gasteiger partial charge in [0.1, 0.15) is 24.9 Å². The molecule has 0 rings (SSSR count). The Morgan fingerprint density at radius 1 is 1.14 bits per heavy atom. The second-order valence-corrected chi connectivity index (χ2v) is 2.31. The van der Waals surface area contributed by atoms with Crippen LogP contribution in [0, 0.1) is 0 Å². The first kappa shape index (κ1) is 15.9. The van der Waals surface area contributed by atoms with E-state index in [2.05, 4.69) is 0 Å². The van der Waals surface area contributed by atoms with Crippen molar-refractivity contribution in [3.05, 3.63) is 0 Å². The van der Waals surface area contributed by atoms with Gasteiger partial charge in [-0.15, -0.1) is 0 Å². The smallest absolute Gasteiger partial charge is 0.189 e. The lowest BCUT2D eigenvalue weighted by Gasteiger charge is -2.19. The van der Waals surface area contributed by atoms with Gasteiger partial charge in [0.15, 0.2) is 5.78 Å². The minimum Gasteiger partial charge on any atom is -0.400 e. The third-order valence-corrected chi connectivity index (χ3v) is 1.39. The zero-order valence-corrected chi connectivity index (χ0v) is 7.74. The molecule has 7 heteroatoms. The predicted molar refractivity (Wildman–Crippen MR) is 45.3 cm³/mol. The van der Waals surface area contributed by atoms with Crippen molar-refractivity contribution in [2.75, 3.05) is 20.3 Å². The Bertz CT molecular complexity index is 149. The summed E-state index contributed by atoms with van der Waals surface area (Å²) < 4.78 is 0. The van der Waals surface area contributed by atoms with Crippen LogP contribution in [-0.2, 0) is 4.79 Å². The van der Waals surface area contributed by atoms with Crippen molar-refractivity contribution in [1.29, 1.82) is 0 Å². The third-order valence-electron chi connectivity index (χ3n) is 1.39. The number of rotatable bonds is 5. The minimum absolute atomic E-state index is 0.767. The second kappa shape index (κ2) is 9.00. The van der Waals surface area contributed by atoms with Gasteiger partial charge in [-0.3, -0.25) is 4.79 Å². The average molecular weight is 212 g/mol. The molecule has 0 aliphatic heterocycles. The summed E-state index contributed by atoms with van der Waals surface area (Å²) >= 11 is 0. The fraction of sp³-hybridized carbons (Fsp3) is 0.857. The van der Waals surface area contributed by atoms with Crippen molar-refractivity contribution < 1.29 is 35.4 Å². The highest BCUT2D eigenvalue weighted by atomic mass is 16.4. The topological polar surface area (TPSA) is 138 Å². The molecule has 0 saturated carbocycles. The highest BCUT2D eigenvalue weighted by Crippen LogP contribution is 2.00. The summed E-state index contributed by atoms with van der Waals surface area (Å²) in [6, 6.07) is 0. The number of ketones is 1. The maximum atomic E-state index is 10.5. The average Bonchev–Trinajstić information content (AvgIpc) is 2.27. The Labute approximate surface area is 80.9 Å². The molecule has 3 atom stereocenters. The van der Waals surface area contributed by atoms with E-state index in [1.165, 1.54) is 0 Å². The molecule has 86 valence electrons. The van der Waals surface area contributed by atoms with Crippen LogP contribution >= 0.6 is 0 Å². The molecule has 0 spiro atoms. The summed E-state index contributed by atoms with van der Waals surface area (Å²) in [5.41, 5.74) is 0. The molecule has 0 aromatic heterocycles. The molecule has 7 nitrogen and oxygen atoms in total. The van der Waals surface area contributed by atoms with Crippen LogP contribution in [0.4, 0.5) is 0 Å². The number of carbonyl (C=O) groups excluding carboxylic acids is 1. The largest absolute Gasteiger partial charge is 0.400 e. The maximum absolute atomic E-state index is 10.5. The van der Waals surface area contributed by atoms with Gasteiger partial charge in [0, 0.05) is 7.11 Å². The standard InChI is InChI=1S/C6H12O6.CH4O/c7-1-3(9)5(11)6(12)4(10)2-8;1-2/h3,5-9,11-12H,1-2H2;2H,1H3/t3-,5-,6-;/m1./s1. The molecule has 0 heterocycles. The SMILES string of the molecule is CO.O=C(CO)[C@@H](O)[C@H](O)[C@H](O)CO. The van der Waals surface area contributed by atoms with E-state index in [0.717, 1.165) is 7.11 Å². The van der Waals surface area contributed by atoms with Gasteiger partial charge < -0.3 is 30.6 Å². The molecule has 0 aromatic rings. The van der Waals surface area contributed by atoms with Gasteiger partial charge in [0.25, 0.3) is 0 Å². The first-order chi connectivity index (χ1) is 6.54. The van der Waals surface area contributed by atoms with E-state index in [4.69, 9.17) is 30.6 Å². The fourth-order valence-corrected chi connectivity index (χ4v) is 0.602. The quantitative estimate of drug-likeness (QED) is 0.275. The van der Waals surface area contributed by atoms with E-state index >= 15 is 0 Å². The molecule has 0 saturated heterocycles. The first-order valence-corrected chi connectivity index (χ1v) is 3.78. The van der Waals surface area contributed by atoms with Crippen LogP contribution in [0.15, 0.2) is 0 Å². The second-order valence-electron chi connectivity index (χ2n) is 2.31. The van der Waals surface area contributed by atoms with Crippen molar-refractivity contribution in [2.45, 2.75) is 18.3 Å². The Kier molecular flexibility index (Phi) is 10.2. The van der Waals surface area contributed by atoms with E-state index in [1.54, 1.807) is 0 Å². The fourth-order valence-electron chi connectivity index (χ4n) is 0.602. The molecular formula is C7H16O7. The van der Waals surface area contributed by atoms with Gasteiger partial charge in [-0.2, -0.15) is 0 Å². The summed E-state index contributed by atoms with van der Waals surface area (Å²) in [5.74, 6) is -1.00. The molecular weight excluding hydrogens is 196 g/mol. The minimum atomic E-state index is -1.86. The lowest BCUT2D eigenvalue weighted by Crippen LogP contribution is -2.44. The lowest BCUT2D eigenvalue weighted by atomic mass is 10.1. The van der Waals surface area contributed by atoms with Crippen molar-refractivity contribution in [1.82, 2.24) is 0 Å². The molecule has 6 N–H and O–H groups in total. The molecule has 0 aliphatic rings. The molecule has 0 unspecified atom stereocenters. The Balaban J connectivity index is 0.